The van der Waals surface area contributed by atoms with Crippen LogP contribution in [0.25, 0.3) is 0 Å². The van der Waals surface area contributed by atoms with Crippen LogP contribution in [0.5, 0.6) is 0 Å². The molecule has 1 unspecified atom stereocenters. The lowest BCUT2D eigenvalue weighted by Gasteiger charge is -2.02. The predicted molar refractivity (Wildman–Crippen MR) is 40.0 cm³/mol. The minimum Gasteiger partial charge on any atom is -0.370 e. The average Bonchev–Trinajstić information content (AvgIpc) is 2.87. The molecule has 11 heavy (non-hydrogen) atoms. The van der Waals surface area contributed by atoms with Gasteiger partial charge in [0.2, 0.25) is 0 Å². The van der Waals surface area contributed by atoms with E-state index >= 15 is 0 Å². The lowest BCUT2D eigenvalue weighted by molar-refractivity contribution is 0.253. The molecule has 0 spiro atoms. The maximum Gasteiger partial charge on any atom is 0.153 e. The number of hydrogen-bond donors (Lipinski definition) is 0. The van der Waals surface area contributed by atoms with Crippen LogP contribution >= 0.6 is 0 Å². The highest BCUT2D eigenvalue weighted by Gasteiger charge is 2.33. The van der Waals surface area contributed by atoms with Crippen molar-refractivity contribution in [3.63, 3.8) is 0 Å². The van der Waals surface area contributed by atoms with Crippen molar-refractivity contribution in [1.29, 1.82) is 0 Å². The fraction of sp³-hybridized carbons (Fsp3) is 0.333. The minimum absolute atomic E-state index is 0.183. The van der Waals surface area contributed by atoms with Crippen LogP contribution in [0, 0.1) is 0 Å². The van der Waals surface area contributed by atoms with Crippen molar-refractivity contribution in [2.24, 2.45) is 0 Å². The van der Waals surface area contributed by atoms with Crippen LogP contribution in [0.3, 0.4) is 0 Å². The van der Waals surface area contributed by atoms with Crippen molar-refractivity contribution < 1.29 is 9.13 Å². The Bertz CT molecular complexity index is 231. The largest absolute Gasteiger partial charge is 0.370 e. The van der Waals surface area contributed by atoms with E-state index in [1.807, 2.05) is 18.2 Å². The maximum absolute atomic E-state index is 13.2. The van der Waals surface area contributed by atoms with Gasteiger partial charge in [-0.15, -0.1) is 0 Å². The SMILES string of the molecule is F[C@@H](c1ccccc1)C1CO1. The van der Waals surface area contributed by atoms with Gasteiger partial charge >= 0.3 is 0 Å². The molecule has 1 saturated heterocycles. The summed E-state index contributed by atoms with van der Waals surface area (Å²) in [7, 11) is 0. The summed E-state index contributed by atoms with van der Waals surface area (Å²) in [5, 5.41) is 0. The minimum atomic E-state index is -0.934. The molecule has 2 heteroatoms. The summed E-state index contributed by atoms with van der Waals surface area (Å²) < 4.78 is 18.0. The van der Waals surface area contributed by atoms with E-state index in [1.54, 1.807) is 12.1 Å². The van der Waals surface area contributed by atoms with Gasteiger partial charge in [0.25, 0.3) is 0 Å². The molecule has 1 heterocycles. The van der Waals surface area contributed by atoms with Crippen molar-refractivity contribution in [3.05, 3.63) is 35.9 Å². The molecule has 1 fully saturated rings. The first-order valence-electron chi connectivity index (χ1n) is 3.68. The summed E-state index contributed by atoms with van der Waals surface area (Å²) >= 11 is 0. The highest BCUT2D eigenvalue weighted by atomic mass is 19.1. The first kappa shape index (κ1) is 6.80. The van der Waals surface area contributed by atoms with Crippen LogP contribution in [0.1, 0.15) is 11.7 Å². The predicted octanol–water partition coefficient (Wildman–Crippen LogP) is 2.10. The van der Waals surface area contributed by atoms with Crippen LogP contribution in [-0.2, 0) is 4.74 Å². The third-order valence-electron chi connectivity index (χ3n) is 1.80. The van der Waals surface area contributed by atoms with Gasteiger partial charge in [-0.05, 0) is 5.56 Å². The zero-order valence-electron chi connectivity index (χ0n) is 6.03. The molecule has 0 saturated carbocycles. The van der Waals surface area contributed by atoms with Gasteiger partial charge in [0, 0.05) is 0 Å². The summed E-state index contributed by atoms with van der Waals surface area (Å²) in [6, 6.07) is 9.12. The number of hydrogen-bond acceptors (Lipinski definition) is 1. The third-order valence-corrected chi connectivity index (χ3v) is 1.80. The molecule has 1 aromatic rings. The number of rotatable bonds is 2. The Morgan fingerprint density at radius 1 is 1.36 bits per heavy atom. The summed E-state index contributed by atoms with van der Waals surface area (Å²) in [5.74, 6) is 0. The molecule has 58 valence electrons. The second-order valence-electron chi connectivity index (χ2n) is 2.68. The van der Waals surface area contributed by atoms with Gasteiger partial charge in [-0.1, -0.05) is 30.3 Å². The Hall–Kier alpha value is -0.890. The molecule has 0 bridgehead atoms. The van der Waals surface area contributed by atoms with Gasteiger partial charge in [-0.3, -0.25) is 0 Å². The molecule has 0 aromatic heterocycles. The first-order chi connectivity index (χ1) is 5.38. The van der Waals surface area contributed by atoms with Crippen LogP contribution in [-0.4, -0.2) is 12.7 Å². The molecule has 1 nitrogen and oxygen atoms in total. The van der Waals surface area contributed by atoms with Crippen molar-refractivity contribution in [1.82, 2.24) is 0 Å². The number of epoxide rings is 1. The van der Waals surface area contributed by atoms with Gasteiger partial charge in [-0.25, -0.2) is 4.39 Å². The molecular formula is C9H9FO. The highest BCUT2D eigenvalue weighted by molar-refractivity contribution is 5.19. The zero-order chi connectivity index (χ0) is 7.68. The monoisotopic (exact) mass is 152 g/mol. The maximum atomic E-state index is 13.2. The molecule has 0 N–H and O–H groups in total. The molecule has 0 amide bonds. The number of ether oxygens (including phenoxy) is 1. The summed E-state index contributed by atoms with van der Waals surface area (Å²) in [6.07, 6.45) is -1.12. The smallest absolute Gasteiger partial charge is 0.153 e. The first-order valence-corrected chi connectivity index (χ1v) is 3.68. The molecule has 1 aliphatic heterocycles. The van der Waals surface area contributed by atoms with Crippen LogP contribution in [0.4, 0.5) is 4.39 Å². The van der Waals surface area contributed by atoms with Crippen molar-refractivity contribution in [2.75, 3.05) is 6.61 Å². The molecule has 0 radical (unpaired) electrons. The van der Waals surface area contributed by atoms with Crippen molar-refractivity contribution in [2.45, 2.75) is 12.3 Å². The van der Waals surface area contributed by atoms with Gasteiger partial charge in [0.05, 0.1) is 6.61 Å². The molecule has 2 rings (SSSR count). The van der Waals surface area contributed by atoms with Gasteiger partial charge in [0.15, 0.2) is 6.17 Å². The Labute approximate surface area is 64.8 Å². The molecule has 2 atom stereocenters. The van der Waals surface area contributed by atoms with E-state index in [2.05, 4.69) is 0 Å². The number of benzene rings is 1. The second kappa shape index (κ2) is 2.62. The summed E-state index contributed by atoms with van der Waals surface area (Å²) in [5.41, 5.74) is 0.718. The summed E-state index contributed by atoms with van der Waals surface area (Å²) in [4.78, 5) is 0. The van der Waals surface area contributed by atoms with E-state index in [0.717, 1.165) is 5.56 Å². The lowest BCUT2D eigenvalue weighted by Crippen LogP contribution is -1.98. The Morgan fingerprint density at radius 2 is 2.00 bits per heavy atom. The Balaban J connectivity index is 2.15. The standard InChI is InChI=1S/C9H9FO/c10-9(8-6-11-8)7-4-2-1-3-5-7/h1-5,8-9H,6H2/t8?,9-/m0/s1. The van der Waals surface area contributed by atoms with Crippen LogP contribution < -0.4 is 0 Å². The van der Waals surface area contributed by atoms with Crippen molar-refractivity contribution in [3.8, 4) is 0 Å². The topological polar surface area (TPSA) is 12.5 Å². The number of alkyl halides is 1. The van der Waals surface area contributed by atoms with Crippen LogP contribution in [0.2, 0.25) is 0 Å². The van der Waals surface area contributed by atoms with E-state index in [0.29, 0.717) is 6.61 Å². The fourth-order valence-electron chi connectivity index (χ4n) is 1.08. The lowest BCUT2D eigenvalue weighted by atomic mass is 10.1. The molecule has 0 aliphatic carbocycles. The van der Waals surface area contributed by atoms with E-state index < -0.39 is 6.17 Å². The normalized spacial score (nSPS) is 24.6. The summed E-state index contributed by atoms with van der Waals surface area (Å²) in [6.45, 7) is 0.566. The third kappa shape index (κ3) is 1.40. The fourth-order valence-corrected chi connectivity index (χ4v) is 1.08. The second-order valence-corrected chi connectivity index (χ2v) is 2.68. The van der Waals surface area contributed by atoms with Crippen LogP contribution in [0.15, 0.2) is 30.3 Å². The quantitative estimate of drug-likeness (QED) is 0.591. The van der Waals surface area contributed by atoms with E-state index in [9.17, 15) is 4.39 Å². The van der Waals surface area contributed by atoms with E-state index in [1.165, 1.54) is 0 Å². The Morgan fingerprint density at radius 3 is 2.55 bits per heavy atom. The molecular weight excluding hydrogens is 143 g/mol. The van der Waals surface area contributed by atoms with Gasteiger partial charge in [-0.2, -0.15) is 0 Å². The van der Waals surface area contributed by atoms with E-state index in [-0.39, 0.29) is 6.10 Å². The Kier molecular flexibility index (Phi) is 1.62. The number of halogens is 1. The van der Waals surface area contributed by atoms with Crippen molar-refractivity contribution >= 4 is 0 Å². The van der Waals surface area contributed by atoms with Gasteiger partial charge < -0.3 is 4.74 Å². The highest BCUT2D eigenvalue weighted by Crippen LogP contribution is 2.30. The van der Waals surface area contributed by atoms with E-state index in [4.69, 9.17) is 4.74 Å². The molecule has 1 aliphatic rings. The average molecular weight is 152 g/mol. The molecule has 1 aromatic carbocycles. The van der Waals surface area contributed by atoms with Gasteiger partial charge in [0.1, 0.15) is 6.10 Å². The zero-order valence-corrected chi connectivity index (χ0v) is 6.03.